The summed E-state index contributed by atoms with van der Waals surface area (Å²) in [6.07, 6.45) is 7.56. The Balaban J connectivity index is 1.83. The van der Waals surface area contributed by atoms with Gasteiger partial charge in [0.2, 0.25) is 5.95 Å². The largest absolute Gasteiger partial charge is 0.313 e. The molecule has 2 heterocycles. The predicted molar refractivity (Wildman–Crippen MR) is 61.3 cm³/mol. The number of halogens is 1. The monoisotopic (exact) mass is 218 g/mol. The summed E-state index contributed by atoms with van der Waals surface area (Å²) in [6.45, 7) is 1.13. The van der Waals surface area contributed by atoms with Crippen molar-refractivity contribution >= 4 is 5.57 Å². The van der Waals surface area contributed by atoms with Gasteiger partial charge in [-0.3, -0.25) is 0 Å². The first-order valence-corrected chi connectivity index (χ1v) is 5.89. The molecule has 1 saturated heterocycles. The average molecular weight is 218 g/mol. The van der Waals surface area contributed by atoms with Gasteiger partial charge in [0.25, 0.3) is 0 Å². The van der Waals surface area contributed by atoms with E-state index in [1.165, 1.54) is 24.5 Å². The lowest BCUT2D eigenvalue weighted by molar-refractivity contribution is 0.348. The van der Waals surface area contributed by atoms with Crippen LogP contribution in [-0.4, -0.2) is 17.6 Å². The number of piperidine rings is 1. The van der Waals surface area contributed by atoms with Gasteiger partial charge in [-0.2, -0.15) is 4.39 Å². The van der Waals surface area contributed by atoms with Crippen molar-refractivity contribution in [1.82, 2.24) is 10.3 Å². The van der Waals surface area contributed by atoms with E-state index in [2.05, 4.69) is 16.4 Å². The normalized spacial score (nSPS) is 28.7. The Morgan fingerprint density at radius 2 is 2.31 bits per heavy atom. The van der Waals surface area contributed by atoms with E-state index in [9.17, 15) is 4.39 Å². The van der Waals surface area contributed by atoms with Crippen molar-refractivity contribution in [3.8, 4) is 0 Å². The van der Waals surface area contributed by atoms with E-state index in [0.29, 0.717) is 12.0 Å². The second-order valence-electron chi connectivity index (χ2n) is 4.63. The van der Waals surface area contributed by atoms with Gasteiger partial charge in [-0.05, 0) is 55.0 Å². The summed E-state index contributed by atoms with van der Waals surface area (Å²) in [7, 11) is 0. The first kappa shape index (κ1) is 9.97. The van der Waals surface area contributed by atoms with Crippen LogP contribution >= 0.6 is 0 Å². The summed E-state index contributed by atoms with van der Waals surface area (Å²) >= 11 is 0. The third kappa shape index (κ3) is 1.76. The molecule has 0 spiro atoms. The molecule has 1 aromatic rings. The Bertz CT molecular complexity index is 410. The van der Waals surface area contributed by atoms with Gasteiger partial charge in [0.1, 0.15) is 0 Å². The van der Waals surface area contributed by atoms with E-state index >= 15 is 0 Å². The fourth-order valence-corrected chi connectivity index (χ4v) is 2.74. The number of rotatable bonds is 1. The highest BCUT2D eigenvalue weighted by Gasteiger charge is 2.29. The maximum absolute atomic E-state index is 12.7. The third-order valence-electron chi connectivity index (χ3n) is 3.59. The number of nitrogens with zero attached hydrogens (tertiary/aromatic N) is 1. The first-order chi connectivity index (χ1) is 7.83. The van der Waals surface area contributed by atoms with Gasteiger partial charge in [-0.15, -0.1) is 0 Å². The molecule has 0 radical (unpaired) electrons. The minimum atomic E-state index is -0.405. The Kier molecular flexibility index (Phi) is 2.48. The molecule has 1 aliphatic carbocycles. The smallest absolute Gasteiger partial charge is 0.212 e. The molecule has 3 rings (SSSR count). The molecule has 1 aromatic heterocycles. The van der Waals surface area contributed by atoms with E-state index in [-0.39, 0.29) is 0 Å². The van der Waals surface area contributed by atoms with E-state index in [4.69, 9.17) is 0 Å². The predicted octanol–water partition coefficient (Wildman–Crippen LogP) is 2.38. The van der Waals surface area contributed by atoms with Crippen LogP contribution in [0.5, 0.6) is 0 Å². The van der Waals surface area contributed by atoms with Gasteiger partial charge in [0.15, 0.2) is 0 Å². The Hall–Kier alpha value is -1.22. The summed E-state index contributed by atoms with van der Waals surface area (Å²) in [4.78, 5) is 3.71. The molecule has 1 aliphatic heterocycles. The maximum Gasteiger partial charge on any atom is 0.212 e. The van der Waals surface area contributed by atoms with Crippen LogP contribution in [0.1, 0.15) is 24.8 Å². The minimum Gasteiger partial charge on any atom is -0.313 e. The van der Waals surface area contributed by atoms with Crippen molar-refractivity contribution in [3.05, 3.63) is 35.9 Å². The molecular weight excluding hydrogens is 203 g/mol. The zero-order valence-corrected chi connectivity index (χ0v) is 9.12. The topological polar surface area (TPSA) is 24.9 Å². The lowest BCUT2D eigenvalue weighted by Gasteiger charge is -2.25. The van der Waals surface area contributed by atoms with E-state index < -0.39 is 5.95 Å². The minimum absolute atomic E-state index is 0.405. The van der Waals surface area contributed by atoms with E-state index in [0.717, 1.165) is 18.5 Å². The van der Waals surface area contributed by atoms with Gasteiger partial charge < -0.3 is 5.32 Å². The first-order valence-electron chi connectivity index (χ1n) is 5.89. The van der Waals surface area contributed by atoms with Crippen LogP contribution in [0.2, 0.25) is 0 Å². The number of nitrogens with one attached hydrogen (secondary N) is 1. The molecule has 1 N–H and O–H groups in total. The Labute approximate surface area is 94.6 Å². The van der Waals surface area contributed by atoms with Crippen LogP contribution in [0.15, 0.2) is 24.4 Å². The number of aromatic nitrogens is 1. The lowest BCUT2D eigenvalue weighted by Crippen LogP contribution is -2.37. The molecule has 0 amide bonds. The standard InChI is InChI=1S/C13H15FN2/c14-13-4-3-10(8-16-13)11-6-9-2-1-5-15-12(9)7-11/h3-4,6,8-9,12,15H,1-2,5,7H2/t9-,12+/m0/s1. The third-order valence-corrected chi connectivity index (χ3v) is 3.59. The molecule has 2 aliphatic rings. The highest BCUT2D eigenvalue weighted by atomic mass is 19.1. The molecule has 84 valence electrons. The summed E-state index contributed by atoms with van der Waals surface area (Å²) in [5.41, 5.74) is 2.38. The molecule has 0 saturated carbocycles. The number of pyridine rings is 1. The summed E-state index contributed by atoms with van der Waals surface area (Å²) < 4.78 is 12.7. The van der Waals surface area contributed by atoms with Crippen molar-refractivity contribution in [2.75, 3.05) is 6.54 Å². The molecule has 1 fully saturated rings. The number of fused-ring (bicyclic) bond motifs is 1. The van der Waals surface area contributed by atoms with E-state index in [1.807, 2.05) is 6.07 Å². The summed E-state index contributed by atoms with van der Waals surface area (Å²) in [6, 6.07) is 3.85. The molecule has 0 aromatic carbocycles. The van der Waals surface area contributed by atoms with Crippen molar-refractivity contribution in [3.63, 3.8) is 0 Å². The SMILES string of the molecule is Fc1ccc(C2=C[C@@H]3CCCN[C@@H]3C2)cn1. The van der Waals surface area contributed by atoms with Gasteiger partial charge in [0, 0.05) is 12.2 Å². The molecule has 3 heteroatoms. The maximum atomic E-state index is 12.7. The van der Waals surface area contributed by atoms with Gasteiger partial charge in [-0.1, -0.05) is 6.08 Å². The number of hydrogen-bond donors (Lipinski definition) is 1. The summed E-state index contributed by atoms with van der Waals surface area (Å²) in [5.74, 6) is 0.256. The Morgan fingerprint density at radius 1 is 1.38 bits per heavy atom. The zero-order valence-electron chi connectivity index (χ0n) is 9.12. The molecule has 0 unspecified atom stereocenters. The second-order valence-corrected chi connectivity index (χ2v) is 4.63. The van der Waals surface area contributed by atoms with Crippen LogP contribution in [0, 0.1) is 11.9 Å². The van der Waals surface area contributed by atoms with Gasteiger partial charge >= 0.3 is 0 Å². The zero-order chi connectivity index (χ0) is 11.0. The molecule has 0 bridgehead atoms. The van der Waals surface area contributed by atoms with Crippen molar-refractivity contribution < 1.29 is 4.39 Å². The van der Waals surface area contributed by atoms with Gasteiger partial charge in [-0.25, -0.2) is 4.98 Å². The summed E-state index contributed by atoms with van der Waals surface area (Å²) in [5, 5.41) is 3.55. The van der Waals surface area contributed by atoms with E-state index in [1.54, 1.807) is 6.20 Å². The molecule has 2 atom stereocenters. The Morgan fingerprint density at radius 3 is 3.06 bits per heavy atom. The lowest BCUT2D eigenvalue weighted by atomic mass is 9.94. The molecular formula is C13H15FN2. The highest BCUT2D eigenvalue weighted by molar-refractivity contribution is 5.68. The van der Waals surface area contributed by atoms with Crippen LogP contribution < -0.4 is 5.32 Å². The fraction of sp³-hybridized carbons (Fsp3) is 0.462. The van der Waals surface area contributed by atoms with Crippen molar-refractivity contribution in [2.45, 2.75) is 25.3 Å². The molecule has 16 heavy (non-hydrogen) atoms. The number of hydrogen-bond acceptors (Lipinski definition) is 2. The van der Waals surface area contributed by atoms with Crippen molar-refractivity contribution in [1.29, 1.82) is 0 Å². The fourth-order valence-electron chi connectivity index (χ4n) is 2.74. The molecule has 2 nitrogen and oxygen atoms in total. The van der Waals surface area contributed by atoms with Crippen molar-refractivity contribution in [2.24, 2.45) is 5.92 Å². The van der Waals surface area contributed by atoms with Crippen LogP contribution in [0.25, 0.3) is 5.57 Å². The average Bonchev–Trinajstić information content (AvgIpc) is 2.73. The second kappa shape index (κ2) is 3.98. The quantitative estimate of drug-likeness (QED) is 0.732. The van der Waals surface area contributed by atoms with Crippen LogP contribution in [-0.2, 0) is 0 Å². The van der Waals surface area contributed by atoms with Gasteiger partial charge in [0.05, 0.1) is 0 Å². The highest BCUT2D eigenvalue weighted by Crippen LogP contribution is 2.35. The van der Waals surface area contributed by atoms with Crippen LogP contribution in [0.3, 0.4) is 0 Å². The van der Waals surface area contributed by atoms with Crippen LogP contribution in [0.4, 0.5) is 4.39 Å².